The summed E-state index contributed by atoms with van der Waals surface area (Å²) in [7, 11) is 0. The van der Waals surface area contributed by atoms with Crippen LogP contribution in [0.1, 0.15) is 29.2 Å². The molecule has 1 amide bonds. The van der Waals surface area contributed by atoms with Gasteiger partial charge in [-0.2, -0.15) is 5.26 Å². The third-order valence-electron chi connectivity index (χ3n) is 5.89. The number of ether oxygens (including phenoxy) is 3. The fourth-order valence-electron chi connectivity index (χ4n) is 3.74. The van der Waals surface area contributed by atoms with Gasteiger partial charge in [0.1, 0.15) is 36.4 Å². The highest BCUT2D eigenvalue weighted by Crippen LogP contribution is 2.30. The fraction of sp³-hybridized carbons (Fsp3) is 0.152. The molecule has 0 fully saturated rings. The van der Waals surface area contributed by atoms with E-state index in [-0.39, 0.29) is 18.0 Å². The van der Waals surface area contributed by atoms with E-state index in [1.807, 2.05) is 44.2 Å². The van der Waals surface area contributed by atoms with E-state index in [4.69, 9.17) is 14.2 Å². The summed E-state index contributed by atoms with van der Waals surface area (Å²) < 4.78 is 30.5. The highest BCUT2D eigenvalue weighted by atomic mass is 19.1. The van der Waals surface area contributed by atoms with Crippen LogP contribution in [0, 0.1) is 24.1 Å². The monoisotopic (exact) mass is 536 g/mol. The van der Waals surface area contributed by atoms with Gasteiger partial charge in [-0.1, -0.05) is 48.0 Å². The van der Waals surface area contributed by atoms with Crippen molar-refractivity contribution in [3.63, 3.8) is 0 Å². The van der Waals surface area contributed by atoms with Crippen LogP contribution in [-0.2, 0) is 18.0 Å². The number of nitriles is 1. The second kappa shape index (κ2) is 13.6. The lowest BCUT2D eigenvalue weighted by Crippen LogP contribution is -2.13. The first kappa shape index (κ1) is 27.9. The van der Waals surface area contributed by atoms with Gasteiger partial charge in [-0.05, 0) is 85.1 Å². The maximum absolute atomic E-state index is 13.2. The zero-order valence-corrected chi connectivity index (χ0v) is 22.3. The topological polar surface area (TPSA) is 80.6 Å². The van der Waals surface area contributed by atoms with E-state index in [9.17, 15) is 14.4 Å². The number of halogens is 1. The molecule has 0 saturated carbocycles. The lowest BCUT2D eigenvalue weighted by Gasteiger charge is -2.13. The molecular weight excluding hydrogens is 507 g/mol. The normalized spacial score (nSPS) is 10.9. The molecule has 0 bridgehead atoms. The molecule has 4 rings (SSSR count). The van der Waals surface area contributed by atoms with Gasteiger partial charge < -0.3 is 19.5 Å². The van der Waals surface area contributed by atoms with E-state index in [0.29, 0.717) is 41.7 Å². The highest BCUT2D eigenvalue weighted by molar-refractivity contribution is 6.09. The smallest absolute Gasteiger partial charge is 0.266 e. The summed E-state index contributed by atoms with van der Waals surface area (Å²) in [5.74, 6) is 0.783. The molecule has 6 nitrogen and oxygen atoms in total. The van der Waals surface area contributed by atoms with Crippen LogP contribution in [0.4, 0.5) is 10.1 Å². The van der Waals surface area contributed by atoms with Gasteiger partial charge in [0, 0.05) is 5.69 Å². The third kappa shape index (κ3) is 7.95. The van der Waals surface area contributed by atoms with Crippen molar-refractivity contribution in [3.05, 3.63) is 125 Å². The molecule has 0 aliphatic heterocycles. The zero-order chi connectivity index (χ0) is 28.3. The number of carbonyl (C=O) groups is 1. The van der Waals surface area contributed by atoms with Crippen molar-refractivity contribution in [2.24, 2.45) is 0 Å². The number of nitrogens with one attached hydrogen (secondary N) is 1. The summed E-state index contributed by atoms with van der Waals surface area (Å²) in [6.45, 7) is 4.95. The lowest BCUT2D eigenvalue weighted by molar-refractivity contribution is -0.112. The van der Waals surface area contributed by atoms with Crippen molar-refractivity contribution >= 4 is 17.7 Å². The summed E-state index contributed by atoms with van der Waals surface area (Å²) in [4.78, 5) is 12.8. The van der Waals surface area contributed by atoms with Crippen molar-refractivity contribution in [1.29, 1.82) is 5.26 Å². The summed E-state index contributed by atoms with van der Waals surface area (Å²) >= 11 is 0. The molecule has 0 aliphatic rings. The van der Waals surface area contributed by atoms with Gasteiger partial charge in [0.25, 0.3) is 5.91 Å². The molecule has 0 aromatic heterocycles. The minimum absolute atomic E-state index is 0.0675. The molecular formula is C33H29FN2O4. The average molecular weight is 537 g/mol. The zero-order valence-electron chi connectivity index (χ0n) is 22.3. The Balaban J connectivity index is 1.39. The Kier molecular flexibility index (Phi) is 9.52. The van der Waals surface area contributed by atoms with Crippen molar-refractivity contribution in [2.75, 3.05) is 11.9 Å². The molecule has 0 saturated heterocycles. The molecule has 4 aromatic carbocycles. The van der Waals surface area contributed by atoms with Gasteiger partial charge in [0.15, 0.2) is 11.5 Å². The van der Waals surface area contributed by atoms with E-state index in [1.165, 1.54) is 23.8 Å². The van der Waals surface area contributed by atoms with Crippen LogP contribution in [0.2, 0.25) is 0 Å². The third-order valence-corrected chi connectivity index (χ3v) is 5.89. The van der Waals surface area contributed by atoms with Gasteiger partial charge in [-0.3, -0.25) is 4.79 Å². The molecule has 0 aliphatic carbocycles. The van der Waals surface area contributed by atoms with E-state index in [1.54, 1.807) is 54.6 Å². The second-order valence-electron chi connectivity index (χ2n) is 8.98. The Morgan fingerprint density at radius 3 is 2.15 bits per heavy atom. The molecule has 7 heteroatoms. The standard InChI is InChI=1S/C33H29FN2O4/c1-3-38-32-19-26(10-17-31(32)40-22-25-8-11-28(34)12-9-25)18-27(20-35)33(37)36-29-13-15-30(16-14-29)39-21-24-6-4-23(2)5-7-24/h4-19H,3,21-22H2,1-2H3,(H,36,37)/b27-18+. The van der Waals surface area contributed by atoms with Crippen molar-refractivity contribution < 1.29 is 23.4 Å². The second-order valence-corrected chi connectivity index (χ2v) is 8.98. The summed E-state index contributed by atoms with van der Waals surface area (Å²) in [6.07, 6.45) is 1.49. The Bertz CT molecular complexity index is 1510. The van der Waals surface area contributed by atoms with Crippen molar-refractivity contribution in [1.82, 2.24) is 0 Å². The van der Waals surface area contributed by atoms with E-state index in [0.717, 1.165) is 11.1 Å². The quantitative estimate of drug-likeness (QED) is 0.161. The molecule has 4 aromatic rings. The molecule has 0 unspecified atom stereocenters. The van der Waals surface area contributed by atoms with Crippen LogP contribution in [0.3, 0.4) is 0 Å². The highest BCUT2D eigenvalue weighted by Gasteiger charge is 2.12. The maximum Gasteiger partial charge on any atom is 0.266 e. The van der Waals surface area contributed by atoms with Crippen LogP contribution in [0.5, 0.6) is 17.2 Å². The molecule has 1 N–H and O–H groups in total. The van der Waals surface area contributed by atoms with Gasteiger partial charge in [0.05, 0.1) is 6.61 Å². The van der Waals surface area contributed by atoms with Crippen LogP contribution >= 0.6 is 0 Å². The number of anilines is 1. The van der Waals surface area contributed by atoms with Gasteiger partial charge >= 0.3 is 0 Å². The number of rotatable bonds is 11. The molecule has 202 valence electrons. The molecule has 0 radical (unpaired) electrons. The number of hydrogen-bond acceptors (Lipinski definition) is 5. The first-order valence-corrected chi connectivity index (χ1v) is 12.8. The molecule has 40 heavy (non-hydrogen) atoms. The molecule has 0 spiro atoms. The van der Waals surface area contributed by atoms with Gasteiger partial charge in [-0.15, -0.1) is 0 Å². The van der Waals surface area contributed by atoms with Crippen LogP contribution in [0.15, 0.2) is 96.6 Å². The Morgan fingerprint density at radius 2 is 1.50 bits per heavy atom. The Hall–Kier alpha value is -5.09. The number of benzene rings is 4. The SMILES string of the molecule is CCOc1cc(/C=C(\C#N)C(=O)Nc2ccc(OCc3ccc(C)cc3)cc2)ccc1OCc1ccc(F)cc1. The predicted molar refractivity (Wildman–Crippen MR) is 153 cm³/mol. The lowest BCUT2D eigenvalue weighted by atomic mass is 10.1. The molecule has 0 atom stereocenters. The van der Waals surface area contributed by atoms with Gasteiger partial charge in [-0.25, -0.2) is 4.39 Å². The number of aryl methyl sites for hydroxylation is 1. The minimum atomic E-state index is -0.537. The first-order valence-electron chi connectivity index (χ1n) is 12.8. The minimum Gasteiger partial charge on any atom is -0.490 e. The predicted octanol–water partition coefficient (Wildman–Crippen LogP) is 7.24. The van der Waals surface area contributed by atoms with Crippen LogP contribution in [0.25, 0.3) is 6.08 Å². The van der Waals surface area contributed by atoms with E-state index < -0.39 is 5.91 Å². The number of hydrogen-bond donors (Lipinski definition) is 1. The molecule has 0 heterocycles. The number of amides is 1. The van der Waals surface area contributed by atoms with Gasteiger partial charge in [0.2, 0.25) is 0 Å². The summed E-state index contributed by atoms with van der Waals surface area (Å²) in [5, 5.41) is 12.4. The van der Waals surface area contributed by atoms with Crippen molar-refractivity contribution in [2.45, 2.75) is 27.1 Å². The number of nitrogens with zero attached hydrogens (tertiary/aromatic N) is 1. The summed E-state index contributed by atoms with van der Waals surface area (Å²) in [5.41, 5.74) is 4.13. The largest absolute Gasteiger partial charge is 0.490 e. The summed E-state index contributed by atoms with van der Waals surface area (Å²) in [6, 6.07) is 28.2. The van der Waals surface area contributed by atoms with E-state index >= 15 is 0 Å². The number of carbonyl (C=O) groups excluding carboxylic acids is 1. The fourth-order valence-corrected chi connectivity index (χ4v) is 3.74. The average Bonchev–Trinajstić information content (AvgIpc) is 2.97. The van der Waals surface area contributed by atoms with Crippen LogP contribution in [-0.4, -0.2) is 12.5 Å². The van der Waals surface area contributed by atoms with E-state index in [2.05, 4.69) is 5.32 Å². The maximum atomic E-state index is 13.2. The van der Waals surface area contributed by atoms with Crippen LogP contribution < -0.4 is 19.5 Å². The first-order chi connectivity index (χ1) is 19.4. The Morgan fingerprint density at radius 1 is 0.850 bits per heavy atom. The van der Waals surface area contributed by atoms with Crippen molar-refractivity contribution in [3.8, 4) is 23.3 Å². The Labute approximate surface area is 233 Å².